The van der Waals surface area contributed by atoms with Gasteiger partial charge < -0.3 is 15.1 Å². The van der Waals surface area contributed by atoms with Crippen LogP contribution in [-0.4, -0.2) is 56.3 Å². The predicted molar refractivity (Wildman–Crippen MR) is 72.1 cm³/mol. The van der Waals surface area contributed by atoms with Crippen LogP contribution in [0.5, 0.6) is 0 Å². The van der Waals surface area contributed by atoms with Gasteiger partial charge in [0.2, 0.25) is 0 Å². The molecule has 0 atom stereocenters. The van der Waals surface area contributed by atoms with Crippen LogP contribution < -0.4 is 10.6 Å². The van der Waals surface area contributed by atoms with Gasteiger partial charge in [-0.15, -0.1) is 0 Å². The molecule has 2 rings (SSSR count). The van der Waals surface area contributed by atoms with Gasteiger partial charge in [-0.05, 0) is 18.4 Å². The Morgan fingerprint density at radius 3 is 2.94 bits per heavy atom. The number of nitrogens with one attached hydrogen (secondary N) is 2. The van der Waals surface area contributed by atoms with E-state index in [2.05, 4.69) is 15.5 Å². The maximum absolute atomic E-state index is 11.8. The second-order valence-corrected chi connectivity index (χ2v) is 4.98. The number of nitrogens with zero attached hydrogens (tertiary/aromatic N) is 1. The Kier molecular flexibility index (Phi) is 5.10. The summed E-state index contributed by atoms with van der Waals surface area (Å²) >= 11 is 1.49. The average molecular weight is 269 g/mol. The topological polar surface area (TPSA) is 57.5 Å². The lowest BCUT2D eigenvalue weighted by Gasteiger charge is -2.26. The molecule has 0 aromatic carbocycles. The number of furan rings is 1. The van der Waals surface area contributed by atoms with E-state index in [4.69, 9.17) is 4.42 Å². The maximum atomic E-state index is 11.8. The van der Waals surface area contributed by atoms with Gasteiger partial charge in [-0.2, -0.15) is 0 Å². The molecule has 0 spiro atoms. The minimum Gasteiger partial charge on any atom is -0.445 e. The largest absolute Gasteiger partial charge is 0.445 e. The number of piperazine rings is 1. The zero-order valence-electron chi connectivity index (χ0n) is 10.6. The Balaban J connectivity index is 1.70. The van der Waals surface area contributed by atoms with Gasteiger partial charge in [-0.1, -0.05) is 11.8 Å². The lowest BCUT2D eigenvalue weighted by molar-refractivity contribution is 0.0914. The third kappa shape index (κ3) is 3.76. The Hall–Kier alpha value is -0.980. The van der Waals surface area contributed by atoms with E-state index in [0.717, 1.165) is 37.8 Å². The standard InChI is InChI=1S/C12H19N3O2S/c1-18-11-3-2-10(17-11)12(16)14-6-9-15-7-4-13-5-8-15/h2-3,13H,4-9H2,1H3,(H,14,16). The number of thioether (sulfide) groups is 1. The van der Waals surface area contributed by atoms with Gasteiger partial charge in [0, 0.05) is 39.3 Å². The highest BCUT2D eigenvalue weighted by Gasteiger charge is 2.12. The molecule has 0 aliphatic carbocycles. The van der Waals surface area contributed by atoms with Crippen molar-refractivity contribution in [1.29, 1.82) is 0 Å². The Bertz CT molecular complexity index is 388. The third-order valence-corrected chi connectivity index (χ3v) is 3.55. The highest BCUT2D eigenvalue weighted by Crippen LogP contribution is 2.17. The Morgan fingerprint density at radius 2 is 2.28 bits per heavy atom. The number of hydrogen-bond acceptors (Lipinski definition) is 5. The van der Waals surface area contributed by atoms with Gasteiger partial charge >= 0.3 is 0 Å². The van der Waals surface area contributed by atoms with E-state index in [1.807, 2.05) is 12.3 Å². The fourth-order valence-electron chi connectivity index (χ4n) is 1.90. The highest BCUT2D eigenvalue weighted by atomic mass is 32.2. The number of rotatable bonds is 5. The lowest BCUT2D eigenvalue weighted by atomic mass is 10.3. The summed E-state index contributed by atoms with van der Waals surface area (Å²) in [6, 6.07) is 3.53. The quantitative estimate of drug-likeness (QED) is 0.768. The van der Waals surface area contributed by atoms with Crippen LogP contribution in [0.25, 0.3) is 0 Å². The molecule has 1 fully saturated rings. The molecule has 0 unspecified atom stereocenters. The van der Waals surface area contributed by atoms with Crippen molar-refractivity contribution in [2.24, 2.45) is 0 Å². The molecule has 1 saturated heterocycles. The van der Waals surface area contributed by atoms with Gasteiger partial charge in [-0.25, -0.2) is 0 Å². The summed E-state index contributed by atoms with van der Waals surface area (Å²) in [5, 5.41) is 6.95. The molecule has 18 heavy (non-hydrogen) atoms. The van der Waals surface area contributed by atoms with Crippen molar-refractivity contribution < 1.29 is 9.21 Å². The number of carbonyl (C=O) groups excluding carboxylic acids is 1. The zero-order chi connectivity index (χ0) is 12.8. The van der Waals surface area contributed by atoms with Crippen LogP contribution in [0.4, 0.5) is 0 Å². The predicted octanol–water partition coefficient (Wildman–Crippen LogP) is 0.636. The molecular weight excluding hydrogens is 250 g/mol. The lowest BCUT2D eigenvalue weighted by Crippen LogP contribution is -2.46. The fourth-order valence-corrected chi connectivity index (χ4v) is 2.28. The molecule has 1 aliphatic rings. The maximum Gasteiger partial charge on any atom is 0.287 e. The summed E-state index contributed by atoms with van der Waals surface area (Å²) in [4.78, 5) is 14.1. The van der Waals surface area contributed by atoms with Gasteiger partial charge in [0.05, 0.1) is 0 Å². The second-order valence-electron chi connectivity index (χ2n) is 4.17. The van der Waals surface area contributed by atoms with Crippen molar-refractivity contribution in [3.05, 3.63) is 17.9 Å². The van der Waals surface area contributed by atoms with Crippen LogP contribution in [0.3, 0.4) is 0 Å². The van der Waals surface area contributed by atoms with E-state index in [9.17, 15) is 4.79 Å². The summed E-state index contributed by atoms with van der Waals surface area (Å²) in [7, 11) is 0. The molecule has 2 N–H and O–H groups in total. The Labute approximate surface area is 111 Å². The second kappa shape index (κ2) is 6.82. The molecule has 5 nitrogen and oxygen atoms in total. The molecule has 0 saturated carbocycles. The molecule has 0 bridgehead atoms. The van der Waals surface area contributed by atoms with Crippen molar-refractivity contribution in [2.45, 2.75) is 5.09 Å². The van der Waals surface area contributed by atoms with Crippen molar-refractivity contribution in [2.75, 3.05) is 45.5 Å². The van der Waals surface area contributed by atoms with E-state index in [-0.39, 0.29) is 5.91 Å². The van der Waals surface area contributed by atoms with E-state index in [0.29, 0.717) is 12.3 Å². The van der Waals surface area contributed by atoms with Crippen molar-refractivity contribution >= 4 is 17.7 Å². The van der Waals surface area contributed by atoms with Crippen LogP contribution >= 0.6 is 11.8 Å². The SMILES string of the molecule is CSc1ccc(C(=O)NCCN2CCNCC2)o1. The molecular formula is C12H19N3O2S. The zero-order valence-corrected chi connectivity index (χ0v) is 11.4. The summed E-state index contributed by atoms with van der Waals surface area (Å²) < 4.78 is 5.36. The van der Waals surface area contributed by atoms with E-state index >= 15 is 0 Å². The Morgan fingerprint density at radius 1 is 1.50 bits per heavy atom. The summed E-state index contributed by atoms with van der Waals surface area (Å²) in [6.07, 6.45) is 1.92. The minimum absolute atomic E-state index is 0.134. The van der Waals surface area contributed by atoms with Gasteiger partial charge in [0.15, 0.2) is 10.9 Å². The van der Waals surface area contributed by atoms with Crippen LogP contribution in [0.1, 0.15) is 10.6 Å². The third-order valence-electron chi connectivity index (χ3n) is 2.93. The van der Waals surface area contributed by atoms with Crippen LogP contribution in [0, 0.1) is 0 Å². The van der Waals surface area contributed by atoms with E-state index in [1.165, 1.54) is 11.8 Å². The molecule has 1 amide bonds. The van der Waals surface area contributed by atoms with Crippen LogP contribution in [0.2, 0.25) is 0 Å². The molecule has 1 aromatic heterocycles. The molecule has 2 heterocycles. The smallest absolute Gasteiger partial charge is 0.287 e. The van der Waals surface area contributed by atoms with Gasteiger partial charge in [0.25, 0.3) is 5.91 Å². The summed E-state index contributed by atoms with van der Waals surface area (Å²) in [5.41, 5.74) is 0. The van der Waals surface area contributed by atoms with Crippen molar-refractivity contribution in [3.63, 3.8) is 0 Å². The first-order chi connectivity index (χ1) is 8.79. The average Bonchev–Trinajstić information content (AvgIpc) is 2.89. The summed E-state index contributed by atoms with van der Waals surface area (Å²) in [5.74, 6) is 0.255. The van der Waals surface area contributed by atoms with E-state index in [1.54, 1.807) is 6.07 Å². The van der Waals surface area contributed by atoms with Crippen LogP contribution in [0.15, 0.2) is 21.6 Å². The number of amides is 1. The van der Waals surface area contributed by atoms with Crippen LogP contribution in [-0.2, 0) is 0 Å². The van der Waals surface area contributed by atoms with Gasteiger partial charge in [0.1, 0.15) is 0 Å². The molecule has 1 aliphatic heterocycles. The first-order valence-corrected chi connectivity index (χ1v) is 7.37. The summed E-state index contributed by atoms with van der Waals surface area (Å²) in [6.45, 7) is 5.71. The van der Waals surface area contributed by atoms with Crippen molar-refractivity contribution in [1.82, 2.24) is 15.5 Å². The number of hydrogen-bond donors (Lipinski definition) is 2. The minimum atomic E-state index is -0.134. The fraction of sp³-hybridized carbons (Fsp3) is 0.583. The molecule has 0 radical (unpaired) electrons. The van der Waals surface area contributed by atoms with E-state index < -0.39 is 0 Å². The molecule has 1 aromatic rings. The molecule has 100 valence electrons. The normalized spacial score (nSPS) is 16.7. The van der Waals surface area contributed by atoms with Gasteiger partial charge in [-0.3, -0.25) is 9.69 Å². The van der Waals surface area contributed by atoms with Crippen molar-refractivity contribution in [3.8, 4) is 0 Å². The molecule has 6 heteroatoms. The first-order valence-electron chi connectivity index (χ1n) is 6.14. The monoisotopic (exact) mass is 269 g/mol. The number of carbonyl (C=O) groups is 1. The first kappa shape index (κ1) is 13.5. The highest BCUT2D eigenvalue weighted by molar-refractivity contribution is 7.98.